The van der Waals surface area contributed by atoms with Crippen molar-refractivity contribution in [1.29, 1.82) is 5.26 Å². The van der Waals surface area contributed by atoms with E-state index in [1.54, 1.807) is 13.0 Å². The van der Waals surface area contributed by atoms with Crippen molar-refractivity contribution in [3.8, 4) is 6.07 Å². The lowest BCUT2D eigenvalue weighted by molar-refractivity contribution is -0.121. The summed E-state index contributed by atoms with van der Waals surface area (Å²) < 4.78 is 2.01. The summed E-state index contributed by atoms with van der Waals surface area (Å²) in [5.41, 5.74) is -0.615. The van der Waals surface area contributed by atoms with Crippen LogP contribution in [0.5, 0.6) is 0 Å². The van der Waals surface area contributed by atoms with E-state index in [4.69, 9.17) is 5.26 Å². The summed E-state index contributed by atoms with van der Waals surface area (Å²) >= 11 is 0. The number of rotatable bonds is 5. The molecule has 0 aliphatic rings. The van der Waals surface area contributed by atoms with Gasteiger partial charge in [-0.3, -0.25) is 14.2 Å². The van der Waals surface area contributed by atoms with Crippen molar-refractivity contribution in [3.63, 3.8) is 0 Å². The third kappa shape index (κ3) is 3.74. The molecule has 7 heteroatoms. The highest BCUT2D eigenvalue weighted by molar-refractivity contribution is 5.75. The summed E-state index contributed by atoms with van der Waals surface area (Å²) in [5, 5.41) is 11.6. The van der Waals surface area contributed by atoms with Crippen LogP contribution >= 0.6 is 0 Å². The number of aromatic nitrogens is 2. The highest BCUT2D eigenvalue weighted by atomic mass is 16.2. The molecule has 1 N–H and O–H groups in total. The lowest BCUT2D eigenvalue weighted by Crippen LogP contribution is -2.44. The first-order valence-corrected chi connectivity index (χ1v) is 7.11. The predicted octanol–water partition coefficient (Wildman–Crippen LogP) is 0.218. The molecule has 0 fully saturated rings. The molecule has 1 amide bonds. The lowest BCUT2D eigenvalue weighted by Gasteiger charge is -2.10. The Morgan fingerprint density at radius 3 is 2.57 bits per heavy atom. The number of amides is 1. The molecule has 2 aromatic rings. The number of hydrogen-bond donors (Lipinski definition) is 1. The van der Waals surface area contributed by atoms with E-state index in [0.29, 0.717) is 13.1 Å². The van der Waals surface area contributed by atoms with E-state index < -0.39 is 23.7 Å². The normalized spacial score (nSPS) is 10.1. The second-order valence-corrected chi connectivity index (χ2v) is 4.88. The van der Waals surface area contributed by atoms with Gasteiger partial charge in [0.2, 0.25) is 5.91 Å². The Kier molecular flexibility index (Phi) is 5.10. The smallest absolute Gasteiger partial charge is 0.331 e. The minimum absolute atomic E-state index is 0.165. The standard InChI is InChI=1S/C16H16N4O3/c1-2-19-10-13(8-17)15(22)20(16(19)23)11-14(21)18-9-12-6-4-3-5-7-12/h3-7,10H,2,9,11H2,1H3,(H,18,21). The van der Waals surface area contributed by atoms with Gasteiger partial charge in [0.25, 0.3) is 5.56 Å². The molecule has 7 nitrogen and oxygen atoms in total. The van der Waals surface area contributed by atoms with Crippen molar-refractivity contribution in [2.75, 3.05) is 0 Å². The highest BCUT2D eigenvalue weighted by Crippen LogP contribution is 1.97. The maximum absolute atomic E-state index is 12.1. The Morgan fingerprint density at radius 2 is 1.96 bits per heavy atom. The first-order valence-electron chi connectivity index (χ1n) is 7.11. The van der Waals surface area contributed by atoms with Gasteiger partial charge in [0.15, 0.2) is 0 Å². The SMILES string of the molecule is CCn1cc(C#N)c(=O)n(CC(=O)NCc2ccccc2)c1=O. The molecule has 0 spiro atoms. The molecule has 1 aromatic heterocycles. The van der Waals surface area contributed by atoms with Crippen molar-refractivity contribution in [3.05, 3.63) is 68.5 Å². The molecule has 1 heterocycles. The Balaban J connectivity index is 2.19. The van der Waals surface area contributed by atoms with E-state index in [9.17, 15) is 14.4 Å². The van der Waals surface area contributed by atoms with Crippen LogP contribution in [0.4, 0.5) is 0 Å². The third-order valence-electron chi connectivity index (χ3n) is 3.33. The summed E-state index contributed by atoms with van der Waals surface area (Å²) in [4.78, 5) is 36.2. The zero-order valence-corrected chi connectivity index (χ0v) is 12.7. The van der Waals surface area contributed by atoms with Gasteiger partial charge < -0.3 is 5.32 Å². The van der Waals surface area contributed by atoms with Gasteiger partial charge in [-0.2, -0.15) is 5.26 Å². The van der Waals surface area contributed by atoms with Crippen LogP contribution in [0.3, 0.4) is 0 Å². The van der Waals surface area contributed by atoms with Crippen LogP contribution in [-0.2, 0) is 24.4 Å². The van der Waals surface area contributed by atoms with E-state index in [1.807, 2.05) is 30.3 Å². The van der Waals surface area contributed by atoms with Crippen LogP contribution in [0.1, 0.15) is 18.1 Å². The van der Waals surface area contributed by atoms with Gasteiger partial charge >= 0.3 is 5.69 Å². The molecule has 1 aromatic carbocycles. The predicted molar refractivity (Wildman–Crippen MR) is 83.6 cm³/mol. The Hall–Kier alpha value is -3.14. The minimum atomic E-state index is -0.753. The first kappa shape index (κ1) is 16.2. The largest absolute Gasteiger partial charge is 0.350 e. The number of aryl methyl sites for hydroxylation is 1. The molecule has 0 radical (unpaired) electrons. The number of carbonyl (C=O) groups excluding carboxylic acids is 1. The van der Waals surface area contributed by atoms with E-state index in [0.717, 1.165) is 10.1 Å². The minimum Gasteiger partial charge on any atom is -0.350 e. The van der Waals surface area contributed by atoms with Crippen molar-refractivity contribution < 1.29 is 4.79 Å². The average Bonchev–Trinajstić information content (AvgIpc) is 2.58. The van der Waals surface area contributed by atoms with Crippen LogP contribution < -0.4 is 16.6 Å². The molecule has 0 atom stereocenters. The summed E-state index contributed by atoms with van der Waals surface area (Å²) in [6.45, 7) is 1.90. The molecule has 0 bridgehead atoms. The third-order valence-corrected chi connectivity index (χ3v) is 3.33. The molecule has 0 unspecified atom stereocenters. The first-order chi connectivity index (χ1) is 11.1. The Bertz CT molecular complexity index is 860. The topological polar surface area (TPSA) is 96.9 Å². The molecule has 2 rings (SSSR count). The molecule has 0 saturated carbocycles. The molecular weight excluding hydrogens is 296 g/mol. The molecule has 0 aliphatic carbocycles. The fraction of sp³-hybridized carbons (Fsp3) is 0.250. The molecule has 0 saturated heterocycles. The van der Waals surface area contributed by atoms with Crippen LogP contribution in [-0.4, -0.2) is 15.0 Å². The van der Waals surface area contributed by atoms with Crippen molar-refractivity contribution in [2.24, 2.45) is 0 Å². The number of carbonyl (C=O) groups is 1. The lowest BCUT2D eigenvalue weighted by atomic mass is 10.2. The van der Waals surface area contributed by atoms with Gasteiger partial charge in [0.05, 0.1) is 0 Å². The number of nitrogens with zero attached hydrogens (tertiary/aromatic N) is 3. The average molecular weight is 312 g/mol. The highest BCUT2D eigenvalue weighted by Gasteiger charge is 2.13. The van der Waals surface area contributed by atoms with E-state index in [1.165, 1.54) is 10.8 Å². The van der Waals surface area contributed by atoms with Crippen LogP contribution in [0, 0.1) is 11.3 Å². The van der Waals surface area contributed by atoms with Gasteiger partial charge in [-0.15, -0.1) is 0 Å². The Morgan fingerprint density at radius 1 is 1.26 bits per heavy atom. The van der Waals surface area contributed by atoms with Crippen LogP contribution in [0.15, 0.2) is 46.1 Å². The Labute approximate surface area is 132 Å². The van der Waals surface area contributed by atoms with Gasteiger partial charge in [-0.05, 0) is 12.5 Å². The fourth-order valence-electron chi connectivity index (χ4n) is 2.09. The van der Waals surface area contributed by atoms with Gasteiger partial charge in [-0.25, -0.2) is 9.36 Å². The molecule has 0 aliphatic heterocycles. The number of nitrogens with one attached hydrogen (secondary N) is 1. The second-order valence-electron chi connectivity index (χ2n) is 4.88. The number of benzene rings is 1. The monoisotopic (exact) mass is 312 g/mol. The molecular formula is C16H16N4O3. The molecule has 118 valence electrons. The van der Waals surface area contributed by atoms with E-state index in [-0.39, 0.29) is 5.56 Å². The van der Waals surface area contributed by atoms with E-state index in [2.05, 4.69) is 5.32 Å². The summed E-state index contributed by atoms with van der Waals surface area (Å²) in [6.07, 6.45) is 1.21. The van der Waals surface area contributed by atoms with E-state index >= 15 is 0 Å². The zero-order valence-electron chi connectivity index (χ0n) is 12.7. The van der Waals surface area contributed by atoms with Crippen molar-refractivity contribution in [2.45, 2.75) is 26.6 Å². The summed E-state index contributed by atoms with van der Waals surface area (Å²) in [7, 11) is 0. The fourth-order valence-corrected chi connectivity index (χ4v) is 2.09. The van der Waals surface area contributed by atoms with Crippen molar-refractivity contribution in [1.82, 2.24) is 14.5 Å². The van der Waals surface area contributed by atoms with Gasteiger partial charge in [0, 0.05) is 19.3 Å². The zero-order chi connectivity index (χ0) is 16.8. The van der Waals surface area contributed by atoms with Gasteiger partial charge in [-0.1, -0.05) is 30.3 Å². The number of nitriles is 1. The summed E-state index contributed by atoms with van der Waals surface area (Å²) in [5.74, 6) is -0.467. The quantitative estimate of drug-likeness (QED) is 0.854. The maximum Gasteiger partial charge on any atom is 0.331 e. The van der Waals surface area contributed by atoms with Crippen molar-refractivity contribution >= 4 is 5.91 Å². The van der Waals surface area contributed by atoms with Crippen LogP contribution in [0.25, 0.3) is 0 Å². The molecule has 23 heavy (non-hydrogen) atoms. The second kappa shape index (κ2) is 7.22. The van der Waals surface area contributed by atoms with Crippen LogP contribution in [0.2, 0.25) is 0 Å². The maximum atomic E-state index is 12.1. The summed E-state index contributed by atoms with van der Waals surface area (Å²) in [6, 6.07) is 11.0. The number of hydrogen-bond acceptors (Lipinski definition) is 4. The van der Waals surface area contributed by atoms with Gasteiger partial charge in [0.1, 0.15) is 18.2 Å².